The lowest BCUT2D eigenvalue weighted by molar-refractivity contribution is 0.0265. The van der Waals surface area contributed by atoms with Crippen LogP contribution in [0.25, 0.3) is 0 Å². The quantitative estimate of drug-likeness (QED) is 0.861. The number of fused-ring (bicyclic) bond motifs is 1. The zero-order valence-corrected chi connectivity index (χ0v) is 11.5. The highest BCUT2D eigenvalue weighted by Crippen LogP contribution is 2.36. The molecule has 1 unspecified atom stereocenters. The lowest BCUT2D eigenvalue weighted by Crippen LogP contribution is -2.45. The molecule has 0 bridgehead atoms. The Bertz CT molecular complexity index is 539. The molecule has 0 amide bonds. The molecule has 0 aromatic heterocycles. The van der Waals surface area contributed by atoms with E-state index in [1.54, 1.807) is 24.3 Å². The van der Waals surface area contributed by atoms with Gasteiger partial charge >= 0.3 is 0 Å². The summed E-state index contributed by atoms with van der Waals surface area (Å²) in [4.78, 5) is 0.268. The molecule has 1 aliphatic heterocycles. The standard InChI is InChI=1S/C13H19NO3S/c1-10(2)14-9-13(15)7-8-18(16,17)12-6-4-3-5-11(12)13/h3-6,10,14-15H,7-9H2,1-2H3. The van der Waals surface area contributed by atoms with Gasteiger partial charge in [-0.3, -0.25) is 0 Å². The predicted octanol–water partition coefficient (Wildman–Crippen LogP) is 1.05. The Morgan fingerprint density at radius 1 is 1.39 bits per heavy atom. The van der Waals surface area contributed by atoms with Crippen LogP contribution in [0.2, 0.25) is 0 Å². The van der Waals surface area contributed by atoms with E-state index in [1.165, 1.54) is 0 Å². The number of sulfone groups is 1. The number of nitrogens with one attached hydrogen (secondary N) is 1. The molecule has 0 fully saturated rings. The zero-order chi connectivity index (χ0) is 13.4. The summed E-state index contributed by atoms with van der Waals surface area (Å²) in [6, 6.07) is 6.98. The summed E-state index contributed by atoms with van der Waals surface area (Å²) in [5.74, 6) is 0.000286. The summed E-state index contributed by atoms with van der Waals surface area (Å²) in [6.07, 6.45) is 0.242. The molecule has 0 spiro atoms. The molecule has 5 heteroatoms. The second-order valence-corrected chi connectivity index (χ2v) is 7.21. The summed E-state index contributed by atoms with van der Waals surface area (Å²) in [5.41, 5.74) is -0.573. The van der Waals surface area contributed by atoms with Crippen molar-refractivity contribution >= 4 is 9.84 Å². The van der Waals surface area contributed by atoms with Crippen LogP contribution in [-0.4, -0.2) is 31.9 Å². The first-order valence-electron chi connectivity index (χ1n) is 6.13. The Morgan fingerprint density at radius 2 is 2.06 bits per heavy atom. The molecule has 1 heterocycles. The zero-order valence-electron chi connectivity index (χ0n) is 10.7. The molecule has 18 heavy (non-hydrogen) atoms. The number of rotatable bonds is 3. The van der Waals surface area contributed by atoms with Crippen LogP contribution in [0.3, 0.4) is 0 Å². The highest BCUT2D eigenvalue weighted by atomic mass is 32.2. The maximum Gasteiger partial charge on any atom is 0.178 e. The second kappa shape index (κ2) is 4.64. The van der Waals surface area contributed by atoms with Gasteiger partial charge in [0.1, 0.15) is 5.60 Å². The third kappa shape index (κ3) is 2.43. The third-order valence-corrected chi connectivity index (χ3v) is 5.08. The molecule has 2 N–H and O–H groups in total. The molecule has 0 radical (unpaired) electrons. The van der Waals surface area contributed by atoms with Gasteiger partial charge in [-0.2, -0.15) is 0 Å². The SMILES string of the molecule is CC(C)NCC1(O)CCS(=O)(=O)c2ccccc21. The van der Waals surface area contributed by atoms with Gasteiger partial charge in [-0.1, -0.05) is 32.0 Å². The minimum atomic E-state index is -3.24. The van der Waals surface area contributed by atoms with E-state index in [-0.39, 0.29) is 23.1 Å². The average molecular weight is 269 g/mol. The average Bonchev–Trinajstić information content (AvgIpc) is 2.33. The lowest BCUT2D eigenvalue weighted by Gasteiger charge is -2.35. The van der Waals surface area contributed by atoms with Crippen LogP contribution in [0.1, 0.15) is 25.8 Å². The van der Waals surface area contributed by atoms with Crippen LogP contribution >= 0.6 is 0 Å². The van der Waals surface area contributed by atoms with Gasteiger partial charge in [-0.15, -0.1) is 0 Å². The fourth-order valence-corrected chi connectivity index (χ4v) is 3.93. The molecular weight excluding hydrogens is 250 g/mol. The summed E-state index contributed by atoms with van der Waals surface area (Å²) >= 11 is 0. The maximum atomic E-state index is 12.0. The molecule has 0 saturated carbocycles. The van der Waals surface area contributed by atoms with Crippen molar-refractivity contribution in [2.45, 2.75) is 36.8 Å². The Balaban J connectivity index is 2.42. The highest BCUT2D eigenvalue weighted by Gasteiger charge is 2.40. The summed E-state index contributed by atoms with van der Waals surface area (Å²) in [6.45, 7) is 4.36. The van der Waals surface area contributed by atoms with E-state index in [0.717, 1.165) is 0 Å². The Morgan fingerprint density at radius 3 is 2.72 bits per heavy atom. The molecule has 1 atom stereocenters. The Hall–Kier alpha value is -0.910. The predicted molar refractivity (Wildman–Crippen MR) is 70.1 cm³/mol. The first kappa shape index (κ1) is 13.5. The normalized spacial score (nSPS) is 26.0. The summed E-state index contributed by atoms with van der Waals surface area (Å²) < 4.78 is 23.9. The molecule has 2 rings (SSSR count). The van der Waals surface area contributed by atoms with E-state index >= 15 is 0 Å². The van der Waals surface area contributed by atoms with Crippen LogP contribution in [0, 0.1) is 0 Å². The van der Waals surface area contributed by atoms with Crippen molar-refractivity contribution in [1.82, 2.24) is 5.32 Å². The molecule has 100 valence electrons. The first-order chi connectivity index (χ1) is 8.35. The van der Waals surface area contributed by atoms with Gasteiger partial charge in [-0.25, -0.2) is 8.42 Å². The molecule has 0 saturated heterocycles. The van der Waals surface area contributed by atoms with Crippen molar-refractivity contribution in [2.24, 2.45) is 0 Å². The fraction of sp³-hybridized carbons (Fsp3) is 0.538. The number of aliphatic hydroxyl groups is 1. The Kier molecular flexibility index (Phi) is 3.49. The first-order valence-corrected chi connectivity index (χ1v) is 7.78. The van der Waals surface area contributed by atoms with Crippen LogP contribution in [0.5, 0.6) is 0 Å². The minimum Gasteiger partial charge on any atom is -0.384 e. The molecule has 0 aliphatic carbocycles. The van der Waals surface area contributed by atoms with E-state index < -0.39 is 15.4 Å². The monoisotopic (exact) mass is 269 g/mol. The van der Waals surface area contributed by atoms with Crippen molar-refractivity contribution in [1.29, 1.82) is 0 Å². The summed E-state index contributed by atoms with van der Waals surface area (Å²) in [7, 11) is -3.24. The van der Waals surface area contributed by atoms with E-state index in [0.29, 0.717) is 12.1 Å². The third-order valence-electron chi connectivity index (χ3n) is 3.31. The van der Waals surface area contributed by atoms with Crippen molar-refractivity contribution in [2.75, 3.05) is 12.3 Å². The van der Waals surface area contributed by atoms with E-state index in [1.807, 2.05) is 13.8 Å². The van der Waals surface area contributed by atoms with Crippen LogP contribution < -0.4 is 5.32 Å². The molecule has 1 aliphatic rings. The second-order valence-electron chi connectivity index (χ2n) is 5.13. The number of hydrogen-bond donors (Lipinski definition) is 2. The van der Waals surface area contributed by atoms with Gasteiger partial charge in [0, 0.05) is 18.2 Å². The van der Waals surface area contributed by atoms with Crippen molar-refractivity contribution < 1.29 is 13.5 Å². The lowest BCUT2D eigenvalue weighted by atomic mass is 9.90. The summed E-state index contributed by atoms with van der Waals surface area (Å²) in [5, 5.41) is 13.9. The molecule has 4 nitrogen and oxygen atoms in total. The van der Waals surface area contributed by atoms with Gasteiger partial charge in [0.15, 0.2) is 9.84 Å². The van der Waals surface area contributed by atoms with Gasteiger partial charge in [0.2, 0.25) is 0 Å². The number of benzene rings is 1. The van der Waals surface area contributed by atoms with Crippen LogP contribution in [0.4, 0.5) is 0 Å². The van der Waals surface area contributed by atoms with E-state index in [2.05, 4.69) is 5.32 Å². The minimum absolute atomic E-state index is 0.000286. The highest BCUT2D eigenvalue weighted by molar-refractivity contribution is 7.91. The van der Waals surface area contributed by atoms with Crippen LogP contribution in [-0.2, 0) is 15.4 Å². The maximum absolute atomic E-state index is 12.0. The van der Waals surface area contributed by atoms with Crippen molar-refractivity contribution in [3.8, 4) is 0 Å². The largest absolute Gasteiger partial charge is 0.384 e. The number of hydrogen-bond acceptors (Lipinski definition) is 4. The molecule has 1 aromatic carbocycles. The van der Waals surface area contributed by atoms with Gasteiger partial charge in [0.05, 0.1) is 10.6 Å². The van der Waals surface area contributed by atoms with Gasteiger partial charge < -0.3 is 10.4 Å². The molecular formula is C13H19NO3S. The Labute approximate surface area is 108 Å². The topological polar surface area (TPSA) is 66.4 Å². The van der Waals surface area contributed by atoms with Crippen molar-refractivity contribution in [3.05, 3.63) is 29.8 Å². The smallest absolute Gasteiger partial charge is 0.178 e. The van der Waals surface area contributed by atoms with Crippen molar-refractivity contribution in [3.63, 3.8) is 0 Å². The van der Waals surface area contributed by atoms with Crippen LogP contribution in [0.15, 0.2) is 29.2 Å². The van der Waals surface area contributed by atoms with E-state index in [4.69, 9.17) is 0 Å². The van der Waals surface area contributed by atoms with Gasteiger partial charge in [-0.05, 0) is 12.5 Å². The molecule has 1 aromatic rings. The van der Waals surface area contributed by atoms with Gasteiger partial charge in [0.25, 0.3) is 0 Å². The van der Waals surface area contributed by atoms with E-state index in [9.17, 15) is 13.5 Å². The fourth-order valence-electron chi connectivity index (χ4n) is 2.23.